The molecule has 0 saturated heterocycles. The van der Waals surface area contributed by atoms with Crippen molar-refractivity contribution >= 4 is 28.5 Å². The third-order valence-electron chi connectivity index (χ3n) is 5.71. The molecular formula is C24H26ClNO2. The molecular weight excluding hydrogens is 370 g/mol. The Morgan fingerprint density at radius 2 is 2.00 bits per heavy atom. The first kappa shape index (κ1) is 19.1. The Bertz CT molecular complexity index is 1000. The Morgan fingerprint density at radius 1 is 1.21 bits per heavy atom. The Kier molecular flexibility index (Phi) is 5.45. The van der Waals surface area contributed by atoms with Crippen LogP contribution >= 0.6 is 11.6 Å². The summed E-state index contributed by atoms with van der Waals surface area (Å²) in [5.41, 5.74) is 6.46. The zero-order valence-corrected chi connectivity index (χ0v) is 17.3. The molecule has 1 aromatic heterocycles. The van der Waals surface area contributed by atoms with Crippen molar-refractivity contribution in [1.82, 2.24) is 4.57 Å². The highest BCUT2D eigenvalue weighted by Crippen LogP contribution is 2.41. The number of aromatic nitrogens is 1. The van der Waals surface area contributed by atoms with Gasteiger partial charge in [-0.25, -0.2) is 0 Å². The van der Waals surface area contributed by atoms with E-state index < -0.39 is 0 Å². The van der Waals surface area contributed by atoms with Crippen molar-refractivity contribution in [2.24, 2.45) is 0 Å². The van der Waals surface area contributed by atoms with Gasteiger partial charge in [-0.3, -0.25) is 4.79 Å². The lowest BCUT2D eigenvalue weighted by Gasteiger charge is -2.25. The van der Waals surface area contributed by atoms with E-state index in [4.69, 9.17) is 16.3 Å². The van der Waals surface area contributed by atoms with Gasteiger partial charge in [0.2, 0.25) is 0 Å². The van der Waals surface area contributed by atoms with E-state index >= 15 is 0 Å². The molecule has 1 heterocycles. The summed E-state index contributed by atoms with van der Waals surface area (Å²) in [7, 11) is 0. The first-order valence-corrected chi connectivity index (χ1v) is 10.5. The summed E-state index contributed by atoms with van der Waals surface area (Å²) in [6, 6.07) is 14.7. The van der Waals surface area contributed by atoms with Crippen molar-refractivity contribution in [3.63, 3.8) is 0 Å². The van der Waals surface area contributed by atoms with E-state index in [0.29, 0.717) is 13.0 Å². The zero-order valence-electron chi connectivity index (χ0n) is 16.5. The van der Waals surface area contributed by atoms with Gasteiger partial charge in [0.15, 0.2) is 0 Å². The first-order valence-electron chi connectivity index (χ1n) is 10.1. The lowest BCUT2D eigenvalue weighted by Crippen LogP contribution is -2.19. The van der Waals surface area contributed by atoms with Crippen LogP contribution in [0.25, 0.3) is 10.9 Å². The van der Waals surface area contributed by atoms with Crippen LogP contribution < -0.4 is 0 Å². The van der Waals surface area contributed by atoms with Gasteiger partial charge in [-0.15, -0.1) is 0 Å². The molecule has 0 saturated carbocycles. The predicted octanol–water partition coefficient (Wildman–Crippen LogP) is 6.02. The third-order valence-corrected chi connectivity index (χ3v) is 5.96. The van der Waals surface area contributed by atoms with Crippen LogP contribution in [0.3, 0.4) is 0 Å². The molecule has 0 spiro atoms. The van der Waals surface area contributed by atoms with Crippen LogP contribution in [-0.4, -0.2) is 17.1 Å². The fraction of sp³-hybridized carbons (Fsp3) is 0.375. The highest BCUT2D eigenvalue weighted by Gasteiger charge is 2.29. The molecule has 0 amide bonds. The van der Waals surface area contributed by atoms with Gasteiger partial charge in [0.25, 0.3) is 0 Å². The van der Waals surface area contributed by atoms with Crippen LogP contribution in [0.4, 0.5) is 0 Å². The molecule has 0 N–H and O–H groups in total. The summed E-state index contributed by atoms with van der Waals surface area (Å²) >= 11 is 6.07. The maximum absolute atomic E-state index is 12.3. The number of nitrogens with zero attached hydrogens (tertiary/aromatic N) is 1. The number of aryl methyl sites for hydroxylation is 2. The smallest absolute Gasteiger partial charge is 0.306 e. The average Bonchev–Trinajstić information content (AvgIpc) is 2.98. The fourth-order valence-corrected chi connectivity index (χ4v) is 4.64. The van der Waals surface area contributed by atoms with Gasteiger partial charge in [0.05, 0.1) is 13.0 Å². The van der Waals surface area contributed by atoms with Crippen LogP contribution in [0.15, 0.2) is 42.5 Å². The number of ether oxygens (including phenoxy) is 1. The van der Waals surface area contributed by atoms with E-state index in [0.717, 1.165) is 30.8 Å². The van der Waals surface area contributed by atoms with Crippen LogP contribution in [0, 0.1) is 6.92 Å². The van der Waals surface area contributed by atoms with Crippen LogP contribution in [0.2, 0.25) is 5.02 Å². The van der Waals surface area contributed by atoms with Crippen LogP contribution in [0.5, 0.6) is 0 Å². The first-order chi connectivity index (χ1) is 13.6. The molecule has 4 heteroatoms. The maximum atomic E-state index is 12.3. The number of fused-ring (bicyclic) bond motifs is 3. The van der Waals surface area contributed by atoms with Crippen LogP contribution in [-0.2, 0) is 22.5 Å². The minimum Gasteiger partial charge on any atom is -0.466 e. The lowest BCUT2D eigenvalue weighted by molar-refractivity contribution is -0.143. The Balaban J connectivity index is 1.82. The molecule has 0 fully saturated rings. The molecule has 3 aromatic rings. The van der Waals surface area contributed by atoms with Crippen LogP contribution in [0.1, 0.15) is 54.5 Å². The molecule has 0 aliphatic heterocycles. The Hall–Kier alpha value is -2.26. The number of esters is 1. The summed E-state index contributed by atoms with van der Waals surface area (Å²) in [4.78, 5) is 12.3. The average molecular weight is 396 g/mol. The van der Waals surface area contributed by atoms with Gasteiger partial charge in [0, 0.05) is 34.1 Å². The summed E-state index contributed by atoms with van der Waals surface area (Å²) in [6.07, 6.45) is 3.67. The van der Waals surface area contributed by atoms with Crippen molar-refractivity contribution in [1.29, 1.82) is 0 Å². The van der Waals surface area contributed by atoms with Gasteiger partial charge in [-0.05, 0) is 68.5 Å². The highest BCUT2D eigenvalue weighted by molar-refractivity contribution is 6.30. The largest absolute Gasteiger partial charge is 0.466 e. The molecule has 4 rings (SSSR count). The molecule has 1 aliphatic rings. The van der Waals surface area contributed by atoms with E-state index in [1.807, 2.05) is 19.1 Å². The number of rotatable bonds is 5. The van der Waals surface area contributed by atoms with Crippen molar-refractivity contribution in [2.45, 2.75) is 52.0 Å². The molecule has 28 heavy (non-hydrogen) atoms. The highest BCUT2D eigenvalue weighted by atomic mass is 35.5. The molecule has 2 aromatic carbocycles. The number of benzene rings is 2. The molecule has 0 bridgehead atoms. The van der Waals surface area contributed by atoms with E-state index in [-0.39, 0.29) is 11.9 Å². The van der Waals surface area contributed by atoms with E-state index in [9.17, 15) is 4.79 Å². The predicted molar refractivity (Wildman–Crippen MR) is 114 cm³/mol. The zero-order chi connectivity index (χ0) is 19.7. The second kappa shape index (κ2) is 8.00. The van der Waals surface area contributed by atoms with Gasteiger partial charge in [0.1, 0.15) is 0 Å². The van der Waals surface area contributed by atoms with Gasteiger partial charge in [-0.2, -0.15) is 0 Å². The Labute approximate surface area is 171 Å². The van der Waals surface area contributed by atoms with Gasteiger partial charge < -0.3 is 9.30 Å². The lowest BCUT2D eigenvalue weighted by atomic mass is 9.84. The monoisotopic (exact) mass is 395 g/mol. The number of hydrogen-bond acceptors (Lipinski definition) is 2. The number of halogens is 1. The van der Waals surface area contributed by atoms with E-state index in [1.165, 1.54) is 33.3 Å². The Morgan fingerprint density at radius 3 is 2.75 bits per heavy atom. The van der Waals surface area contributed by atoms with Gasteiger partial charge >= 0.3 is 5.97 Å². The van der Waals surface area contributed by atoms with Crippen molar-refractivity contribution in [2.75, 3.05) is 6.61 Å². The summed E-state index contributed by atoms with van der Waals surface area (Å²) < 4.78 is 7.67. The summed E-state index contributed by atoms with van der Waals surface area (Å²) in [6.45, 7) is 5.22. The van der Waals surface area contributed by atoms with Crippen molar-refractivity contribution in [3.05, 3.63) is 69.9 Å². The summed E-state index contributed by atoms with van der Waals surface area (Å²) in [5, 5.41) is 2.08. The van der Waals surface area contributed by atoms with Crippen molar-refractivity contribution in [3.8, 4) is 0 Å². The van der Waals surface area contributed by atoms with E-state index in [1.54, 1.807) is 0 Å². The minimum absolute atomic E-state index is 0.0974. The fourth-order valence-electron chi connectivity index (χ4n) is 4.51. The third kappa shape index (κ3) is 3.68. The molecule has 3 nitrogen and oxygen atoms in total. The number of hydrogen-bond donors (Lipinski definition) is 0. The molecule has 1 atom stereocenters. The minimum atomic E-state index is -0.0974. The normalized spacial score (nSPS) is 16.2. The maximum Gasteiger partial charge on any atom is 0.306 e. The number of carbonyl (C=O) groups is 1. The SMILES string of the molecule is CCOC(=O)CC1CCCc2c1n(Cc1ccc(Cl)cc1)c1ccc(C)cc21. The van der Waals surface area contributed by atoms with Gasteiger partial charge in [-0.1, -0.05) is 35.4 Å². The molecule has 1 unspecified atom stereocenters. The molecule has 0 radical (unpaired) electrons. The molecule has 146 valence electrons. The quantitative estimate of drug-likeness (QED) is 0.494. The second-order valence-electron chi connectivity index (χ2n) is 7.70. The molecule has 1 aliphatic carbocycles. The summed E-state index contributed by atoms with van der Waals surface area (Å²) in [5.74, 6) is 0.114. The topological polar surface area (TPSA) is 31.2 Å². The van der Waals surface area contributed by atoms with Crippen molar-refractivity contribution < 1.29 is 9.53 Å². The standard InChI is InChI=1S/C24H26ClNO2/c1-3-28-23(27)14-18-5-4-6-20-21-13-16(2)7-12-22(21)26(24(18)20)15-17-8-10-19(25)11-9-17/h7-13,18H,3-6,14-15H2,1-2H3. The van der Waals surface area contributed by atoms with E-state index in [2.05, 4.69) is 41.8 Å². The number of carbonyl (C=O) groups excluding carboxylic acids is 1. The second-order valence-corrected chi connectivity index (χ2v) is 8.13.